The van der Waals surface area contributed by atoms with Crippen molar-refractivity contribution < 1.29 is 14.6 Å². The lowest BCUT2D eigenvalue weighted by Gasteiger charge is -2.07. The molecule has 0 radical (unpaired) electrons. The van der Waals surface area contributed by atoms with Crippen LogP contribution in [0.4, 0.5) is 5.69 Å². The second-order valence-electron chi connectivity index (χ2n) is 3.40. The second-order valence-corrected chi connectivity index (χ2v) is 3.40. The average Bonchev–Trinajstić information content (AvgIpc) is 2.24. The molecule has 88 valence electrons. The van der Waals surface area contributed by atoms with Gasteiger partial charge in [0, 0.05) is 13.1 Å². The summed E-state index contributed by atoms with van der Waals surface area (Å²) < 4.78 is 5.03. The quantitative estimate of drug-likeness (QED) is 0.492. The topological polar surface area (TPSA) is 84.6 Å². The zero-order chi connectivity index (χ0) is 12.0. The number of hydrogen-bond acceptors (Lipinski definition) is 4. The van der Waals surface area contributed by atoms with Crippen molar-refractivity contribution in [3.63, 3.8) is 0 Å². The highest BCUT2D eigenvalue weighted by Gasteiger charge is 2.01. The van der Waals surface area contributed by atoms with E-state index in [0.717, 1.165) is 5.56 Å². The number of rotatable bonds is 6. The number of hydrogen-bond donors (Lipinski definition) is 3. The summed E-state index contributed by atoms with van der Waals surface area (Å²) in [6, 6.07) is 5.50. The maximum atomic E-state index is 10.3. The van der Waals surface area contributed by atoms with E-state index in [1.807, 2.05) is 12.1 Å². The molecule has 5 nitrogen and oxygen atoms in total. The third-order valence-corrected chi connectivity index (χ3v) is 2.14. The van der Waals surface area contributed by atoms with E-state index >= 15 is 0 Å². The molecule has 4 N–H and O–H groups in total. The molecule has 0 saturated carbocycles. The Morgan fingerprint density at radius 2 is 2.31 bits per heavy atom. The monoisotopic (exact) mass is 224 g/mol. The number of carboxylic acid groups (broad SMARTS) is 1. The van der Waals surface area contributed by atoms with Crippen LogP contribution in [0.1, 0.15) is 12.0 Å². The Balaban J connectivity index is 2.43. The molecular formula is C11H16N2O3. The maximum absolute atomic E-state index is 10.3. The van der Waals surface area contributed by atoms with Gasteiger partial charge in [-0.3, -0.25) is 4.79 Å². The number of methoxy groups -OCH3 is 1. The highest BCUT2D eigenvalue weighted by Crippen LogP contribution is 2.21. The van der Waals surface area contributed by atoms with Crippen molar-refractivity contribution >= 4 is 11.7 Å². The van der Waals surface area contributed by atoms with Crippen molar-refractivity contribution in [2.75, 3.05) is 19.4 Å². The lowest BCUT2D eigenvalue weighted by Crippen LogP contribution is -2.17. The number of nitrogen functional groups attached to an aromatic ring is 1. The molecule has 0 bridgehead atoms. The highest BCUT2D eigenvalue weighted by molar-refractivity contribution is 5.66. The molecule has 0 spiro atoms. The first-order chi connectivity index (χ1) is 7.63. The Bertz CT molecular complexity index is 366. The fraction of sp³-hybridized carbons (Fsp3) is 0.364. The van der Waals surface area contributed by atoms with E-state index < -0.39 is 5.97 Å². The number of nitrogens with two attached hydrogens (primary N) is 1. The van der Waals surface area contributed by atoms with Gasteiger partial charge in [0.25, 0.3) is 0 Å². The van der Waals surface area contributed by atoms with Gasteiger partial charge in [-0.25, -0.2) is 0 Å². The van der Waals surface area contributed by atoms with Gasteiger partial charge in [0.1, 0.15) is 5.75 Å². The number of anilines is 1. The molecule has 1 aromatic rings. The minimum atomic E-state index is -0.804. The predicted octanol–water partition coefficient (Wildman–Crippen LogP) is 0.842. The SMILES string of the molecule is COc1ccc(CNCCC(=O)O)cc1N. The molecule has 1 aromatic carbocycles. The number of aliphatic carboxylic acids is 1. The molecule has 5 heteroatoms. The predicted molar refractivity (Wildman–Crippen MR) is 61.4 cm³/mol. The molecule has 0 aromatic heterocycles. The van der Waals surface area contributed by atoms with Crippen LogP contribution in [0.25, 0.3) is 0 Å². The molecule has 0 aliphatic carbocycles. The number of benzene rings is 1. The minimum Gasteiger partial charge on any atom is -0.495 e. The van der Waals surface area contributed by atoms with Crippen LogP contribution in [0, 0.1) is 0 Å². The highest BCUT2D eigenvalue weighted by atomic mass is 16.5. The van der Waals surface area contributed by atoms with E-state index in [2.05, 4.69) is 5.32 Å². The van der Waals surface area contributed by atoms with Gasteiger partial charge in [-0.1, -0.05) is 6.07 Å². The second kappa shape index (κ2) is 5.97. The number of carboxylic acids is 1. The molecule has 0 aliphatic rings. The molecule has 16 heavy (non-hydrogen) atoms. The number of nitrogens with one attached hydrogen (secondary N) is 1. The van der Waals surface area contributed by atoms with Crippen molar-refractivity contribution in [1.29, 1.82) is 0 Å². The van der Waals surface area contributed by atoms with Crippen LogP contribution >= 0.6 is 0 Å². The van der Waals surface area contributed by atoms with Gasteiger partial charge in [-0.05, 0) is 17.7 Å². The molecule has 0 saturated heterocycles. The molecule has 0 fully saturated rings. The Hall–Kier alpha value is -1.75. The van der Waals surface area contributed by atoms with Crippen LogP contribution in [0.3, 0.4) is 0 Å². The summed E-state index contributed by atoms with van der Waals surface area (Å²) in [4.78, 5) is 10.3. The summed E-state index contributed by atoms with van der Waals surface area (Å²) in [5.41, 5.74) is 7.32. The van der Waals surface area contributed by atoms with Crippen LogP contribution < -0.4 is 15.8 Å². The van der Waals surface area contributed by atoms with Crippen LogP contribution in [0.15, 0.2) is 18.2 Å². The molecule has 0 aliphatic heterocycles. The van der Waals surface area contributed by atoms with Crippen molar-refractivity contribution in [3.05, 3.63) is 23.8 Å². The van der Waals surface area contributed by atoms with E-state index in [-0.39, 0.29) is 6.42 Å². The van der Waals surface area contributed by atoms with Crippen LogP contribution in [-0.4, -0.2) is 24.7 Å². The smallest absolute Gasteiger partial charge is 0.304 e. The summed E-state index contributed by atoms with van der Waals surface area (Å²) in [5.74, 6) is -0.156. The zero-order valence-corrected chi connectivity index (χ0v) is 9.19. The lowest BCUT2D eigenvalue weighted by molar-refractivity contribution is -0.136. The Morgan fingerprint density at radius 3 is 2.88 bits per heavy atom. The van der Waals surface area contributed by atoms with Crippen molar-refractivity contribution in [3.8, 4) is 5.75 Å². The molecule has 1 rings (SSSR count). The van der Waals surface area contributed by atoms with Crippen LogP contribution in [0.5, 0.6) is 5.75 Å². The zero-order valence-electron chi connectivity index (χ0n) is 9.19. The summed E-state index contributed by atoms with van der Waals surface area (Å²) >= 11 is 0. The first kappa shape index (κ1) is 12.3. The lowest BCUT2D eigenvalue weighted by atomic mass is 10.2. The number of carbonyl (C=O) groups is 1. The van der Waals surface area contributed by atoms with Gasteiger partial charge in [-0.15, -0.1) is 0 Å². The summed E-state index contributed by atoms with van der Waals surface area (Å²) in [7, 11) is 1.57. The summed E-state index contributed by atoms with van der Waals surface area (Å²) in [6.07, 6.45) is 0.117. The largest absolute Gasteiger partial charge is 0.495 e. The molecule has 0 atom stereocenters. The van der Waals surface area contributed by atoms with E-state index in [9.17, 15) is 4.79 Å². The van der Waals surface area contributed by atoms with Crippen molar-refractivity contribution in [2.45, 2.75) is 13.0 Å². The maximum Gasteiger partial charge on any atom is 0.304 e. The van der Waals surface area contributed by atoms with Gasteiger partial charge in [0.05, 0.1) is 19.2 Å². The molecule has 0 amide bonds. The van der Waals surface area contributed by atoms with Gasteiger partial charge >= 0.3 is 5.97 Å². The van der Waals surface area contributed by atoms with E-state index in [4.69, 9.17) is 15.6 Å². The standard InChI is InChI=1S/C11H16N2O3/c1-16-10-3-2-8(6-9(10)12)7-13-5-4-11(14)15/h2-3,6,13H,4-5,7,12H2,1H3,(H,14,15). The normalized spacial score (nSPS) is 10.1. The van der Waals surface area contributed by atoms with Gasteiger partial charge < -0.3 is 20.9 Å². The van der Waals surface area contributed by atoms with Gasteiger partial charge in [-0.2, -0.15) is 0 Å². The van der Waals surface area contributed by atoms with Gasteiger partial charge in [0.15, 0.2) is 0 Å². The molecule has 0 heterocycles. The fourth-order valence-corrected chi connectivity index (χ4v) is 1.32. The van der Waals surface area contributed by atoms with E-state index in [0.29, 0.717) is 24.5 Å². The number of ether oxygens (including phenoxy) is 1. The van der Waals surface area contributed by atoms with Gasteiger partial charge in [0.2, 0.25) is 0 Å². The van der Waals surface area contributed by atoms with E-state index in [1.165, 1.54) is 0 Å². The first-order valence-electron chi connectivity index (χ1n) is 4.98. The fourth-order valence-electron chi connectivity index (χ4n) is 1.32. The minimum absolute atomic E-state index is 0.117. The Morgan fingerprint density at radius 1 is 1.56 bits per heavy atom. The third-order valence-electron chi connectivity index (χ3n) is 2.14. The van der Waals surface area contributed by atoms with Crippen LogP contribution in [0.2, 0.25) is 0 Å². The Labute approximate surface area is 94.2 Å². The Kier molecular flexibility index (Phi) is 4.60. The van der Waals surface area contributed by atoms with Crippen molar-refractivity contribution in [1.82, 2.24) is 5.32 Å². The average molecular weight is 224 g/mol. The first-order valence-corrected chi connectivity index (χ1v) is 4.98. The van der Waals surface area contributed by atoms with Crippen LogP contribution in [-0.2, 0) is 11.3 Å². The molecular weight excluding hydrogens is 208 g/mol. The summed E-state index contributed by atoms with van der Waals surface area (Å²) in [5, 5.41) is 11.5. The van der Waals surface area contributed by atoms with Crippen molar-refractivity contribution in [2.24, 2.45) is 0 Å². The molecule has 0 unspecified atom stereocenters. The third kappa shape index (κ3) is 3.78. The van der Waals surface area contributed by atoms with E-state index in [1.54, 1.807) is 13.2 Å². The summed E-state index contributed by atoms with van der Waals surface area (Å²) in [6.45, 7) is 1.04.